The topological polar surface area (TPSA) is 83.5 Å². The van der Waals surface area contributed by atoms with Crippen molar-refractivity contribution in [2.45, 2.75) is 42.4 Å². The zero-order valence-electron chi connectivity index (χ0n) is 11.0. The molecule has 5 nitrogen and oxygen atoms in total. The van der Waals surface area contributed by atoms with Crippen molar-refractivity contribution < 1.29 is 18.3 Å². The van der Waals surface area contributed by atoms with E-state index in [2.05, 4.69) is 11.6 Å². The molecule has 0 bridgehead atoms. The van der Waals surface area contributed by atoms with Crippen molar-refractivity contribution >= 4 is 39.1 Å². The van der Waals surface area contributed by atoms with Crippen LogP contribution < -0.4 is 4.72 Å². The molecule has 8 heteroatoms. The first kappa shape index (κ1) is 15.8. The van der Waals surface area contributed by atoms with Crippen molar-refractivity contribution in [2.24, 2.45) is 0 Å². The van der Waals surface area contributed by atoms with Crippen LogP contribution in [-0.2, 0) is 10.0 Å². The monoisotopic (exact) mass is 335 g/mol. The van der Waals surface area contributed by atoms with Crippen LogP contribution in [0.1, 0.15) is 35.9 Å². The molecule has 1 aliphatic carbocycles. The molecule has 20 heavy (non-hydrogen) atoms. The van der Waals surface area contributed by atoms with Gasteiger partial charge in [0.15, 0.2) is 0 Å². The highest BCUT2D eigenvalue weighted by molar-refractivity contribution is 8.00. The van der Waals surface area contributed by atoms with Crippen molar-refractivity contribution in [3.8, 4) is 0 Å². The van der Waals surface area contributed by atoms with Gasteiger partial charge in [0.1, 0.15) is 4.88 Å². The highest BCUT2D eigenvalue weighted by Gasteiger charge is 2.31. The summed E-state index contributed by atoms with van der Waals surface area (Å²) in [5, 5.41) is 10.5. The Balaban J connectivity index is 2.12. The molecule has 0 spiro atoms. The molecule has 0 aliphatic heterocycles. The van der Waals surface area contributed by atoms with Crippen LogP contribution in [0.15, 0.2) is 16.3 Å². The van der Waals surface area contributed by atoms with Crippen molar-refractivity contribution in [3.05, 3.63) is 16.3 Å². The van der Waals surface area contributed by atoms with E-state index in [-0.39, 0.29) is 15.8 Å². The maximum atomic E-state index is 12.3. The summed E-state index contributed by atoms with van der Waals surface area (Å²) in [6.07, 6.45) is 2.89. The summed E-state index contributed by atoms with van der Waals surface area (Å²) in [4.78, 5) is 10.9. The summed E-state index contributed by atoms with van der Waals surface area (Å²) in [6.45, 7) is 2.06. The lowest BCUT2D eigenvalue weighted by atomic mass is 10.3. The summed E-state index contributed by atoms with van der Waals surface area (Å²) in [5.41, 5.74) is 0. The molecule has 1 aliphatic rings. The number of hydrogen-bond donors (Lipinski definition) is 2. The van der Waals surface area contributed by atoms with Gasteiger partial charge in [0.25, 0.3) is 0 Å². The van der Waals surface area contributed by atoms with Crippen LogP contribution in [0, 0.1) is 0 Å². The van der Waals surface area contributed by atoms with Gasteiger partial charge in [-0.15, -0.1) is 11.3 Å². The first-order valence-electron chi connectivity index (χ1n) is 6.40. The van der Waals surface area contributed by atoms with Gasteiger partial charge in [-0.3, -0.25) is 0 Å². The first-order chi connectivity index (χ1) is 9.44. The number of sulfonamides is 1. The van der Waals surface area contributed by atoms with Crippen LogP contribution >= 0.6 is 23.1 Å². The van der Waals surface area contributed by atoms with Crippen molar-refractivity contribution in [1.82, 2.24) is 4.72 Å². The maximum absolute atomic E-state index is 12.3. The fraction of sp³-hybridized carbons (Fsp3) is 0.583. The van der Waals surface area contributed by atoms with Crippen LogP contribution in [0.2, 0.25) is 0 Å². The molecule has 2 N–H and O–H groups in total. The molecular formula is C12H17NO4S3. The molecule has 112 valence electrons. The van der Waals surface area contributed by atoms with E-state index in [1.54, 1.807) is 11.8 Å². The van der Waals surface area contributed by atoms with Gasteiger partial charge < -0.3 is 5.11 Å². The van der Waals surface area contributed by atoms with Crippen molar-refractivity contribution in [3.63, 3.8) is 0 Å². The summed E-state index contributed by atoms with van der Waals surface area (Å²) < 4.78 is 27.3. The van der Waals surface area contributed by atoms with E-state index in [0.29, 0.717) is 5.25 Å². The molecule has 1 aromatic rings. The molecule has 2 atom stereocenters. The molecule has 1 fully saturated rings. The average molecular weight is 335 g/mol. The van der Waals surface area contributed by atoms with E-state index < -0.39 is 16.0 Å². The van der Waals surface area contributed by atoms with Crippen LogP contribution in [-0.4, -0.2) is 36.5 Å². The summed E-state index contributed by atoms with van der Waals surface area (Å²) in [5.74, 6) is -0.137. The molecular weight excluding hydrogens is 318 g/mol. The fourth-order valence-electron chi connectivity index (χ4n) is 2.31. The number of hydrogen-bond acceptors (Lipinski definition) is 5. The Morgan fingerprint density at radius 2 is 2.30 bits per heavy atom. The van der Waals surface area contributed by atoms with Crippen LogP contribution in [0.3, 0.4) is 0 Å². The van der Waals surface area contributed by atoms with E-state index in [4.69, 9.17) is 5.11 Å². The quantitative estimate of drug-likeness (QED) is 0.834. The lowest BCUT2D eigenvalue weighted by Gasteiger charge is -2.19. The van der Waals surface area contributed by atoms with Gasteiger partial charge in [-0.25, -0.2) is 17.9 Å². The second-order valence-electron chi connectivity index (χ2n) is 4.60. The normalized spacial score (nSPS) is 23.1. The second kappa shape index (κ2) is 6.46. The van der Waals surface area contributed by atoms with Gasteiger partial charge in [0.05, 0.1) is 4.90 Å². The van der Waals surface area contributed by atoms with E-state index in [0.717, 1.165) is 36.4 Å². The average Bonchev–Trinajstić information content (AvgIpc) is 2.99. The summed E-state index contributed by atoms with van der Waals surface area (Å²) >= 11 is 2.70. The highest BCUT2D eigenvalue weighted by Crippen LogP contribution is 2.31. The second-order valence-corrected chi connectivity index (χ2v) is 8.75. The smallest absolute Gasteiger partial charge is 0.345 e. The summed E-state index contributed by atoms with van der Waals surface area (Å²) in [7, 11) is -3.62. The third-order valence-corrected chi connectivity index (χ3v) is 7.10. The predicted octanol–water partition coefficient (Wildman–Crippen LogP) is 2.40. The highest BCUT2D eigenvalue weighted by atomic mass is 32.2. The van der Waals surface area contributed by atoms with Crippen molar-refractivity contribution in [1.29, 1.82) is 0 Å². The lowest BCUT2D eigenvalue weighted by molar-refractivity contribution is 0.0702. The van der Waals surface area contributed by atoms with Gasteiger partial charge in [-0.05, 0) is 24.7 Å². The Hall–Kier alpha value is -0.570. The largest absolute Gasteiger partial charge is 0.477 e. The number of carbonyl (C=O) groups is 1. The Morgan fingerprint density at radius 1 is 1.55 bits per heavy atom. The van der Waals surface area contributed by atoms with E-state index in [1.807, 2.05) is 0 Å². The van der Waals surface area contributed by atoms with Gasteiger partial charge in [-0.1, -0.05) is 13.3 Å². The number of carboxylic acid groups (broad SMARTS) is 1. The number of aromatic carboxylic acids is 1. The molecule has 2 unspecified atom stereocenters. The van der Waals surface area contributed by atoms with Crippen LogP contribution in [0.5, 0.6) is 0 Å². The maximum Gasteiger partial charge on any atom is 0.345 e. The van der Waals surface area contributed by atoms with Crippen molar-refractivity contribution in [2.75, 3.05) is 5.75 Å². The van der Waals surface area contributed by atoms with E-state index >= 15 is 0 Å². The first-order valence-corrected chi connectivity index (χ1v) is 9.81. The molecule has 2 rings (SSSR count). The Bertz CT molecular complexity index is 581. The summed E-state index contributed by atoms with van der Waals surface area (Å²) in [6, 6.07) is 1.16. The Morgan fingerprint density at radius 3 is 2.90 bits per heavy atom. The molecule has 0 saturated heterocycles. The van der Waals surface area contributed by atoms with Crippen LogP contribution in [0.25, 0.3) is 0 Å². The minimum Gasteiger partial charge on any atom is -0.477 e. The molecule has 1 heterocycles. The minimum absolute atomic E-state index is 0.0382. The predicted molar refractivity (Wildman–Crippen MR) is 81.2 cm³/mol. The van der Waals surface area contributed by atoms with Gasteiger partial charge in [-0.2, -0.15) is 11.8 Å². The number of carboxylic acids is 1. The van der Waals surface area contributed by atoms with Crippen LogP contribution in [0.4, 0.5) is 0 Å². The Labute approximate surface area is 126 Å². The van der Waals surface area contributed by atoms with Gasteiger partial charge in [0.2, 0.25) is 10.0 Å². The number of nitrogens with one attached hydrogen (secondary N) is 1. The molecule has 0 aromatic carbocycles. The van der Waals surface area contributed by atoms with E-state index in [9.17, 15) is 13.2 Å². The number of thiophene rings is 1. The zero-order chi connectivity index (χ0) is 14.8. The molecule has 1 aromatic heterocycles. The van der Waals surface area contributed by atoms with E-state index in [1.165, 1.54) is 11.4 Å². The molecule has 0 amide bonds. The van der Waals surface area contributed by atoms with Gasteiger partial charge >= 0.3 is 5.97 Å². The molecule has 0 radical (unpaired) electrons. The third-order valence-electron chi connectivity index (χ3n) is 3.24. The third kappa shape index (κ3) is 3.55. The number of thioether (sulfide) groups is 1. The molecule has 1 saturated carbocycles. The zero-order valence-corrected chi connectivity index (χ0v) is 13.5. The minimum atomic E-state index is -3.62. The number of rotatable bonds is 6. The standard InChI is InChI=1S/C12H17NO4S3/c1-2-18-10-5-3-4-9(10)13-20(16,17)8-6-11(12(14)15)19-7-8/h6-7,9-10,13H,2-5H2,1H3,(H,14,15). The Kier molecular flexibility index (Phi) is 5.11. The lowest BCUT2D eigenvalue weighted by Crippen LogP contribution is -2.38. The van der Waals surface area contributed by atoms with Gasteiger partial charge in [0, 0.05) is 16.7 Å². The SMILES string of the molecule is CCSC1CCCC1NS(=O)(=O)c1csc(C(=O)O)c1. The fourth-order valence-corrected chi connectivity index (χ4v) is 6.02.